The highest BCUT2D eigenvalue weighted by molar-refractivity contribution is 5.89. The first kappa shape index (κ1) is 10.1. The maximum Gasteiger partial charge on any atom is 0.358 e. The predicted octanol–water partition coefficient (Wildman–Crippen LogP) is 0.697. The Kier molecular flexibility index (Phi) is 3.13. The SMILES string of the molecule is CCc1ncc(C#N)c(C(=O)OC)n1. The molecule has 5 nitrogen and oxygen atoms in total. The normalized spacial score (nSPS) is 9.21. The van der Waals surface area contributed by atoms with Gasteiger partial charge in [-0.05, 0) is 0 Å². The topological polar surface area (TPSA) is 75.9 Å². The Morgan fingerprint density at radius 1 is 1.71 bits per heavy atom. The number of hydrogen-bond acceptors (Lipinski definition) is 5. The number of carbonyl (C=O) groups is 1. The minimum atomic E-state index is -0.612. The summed E-state index contributed by atoms with van der Waals surface area (Å²) in [5.41, 5.74) is 0.163. The van der Waals surface area contributed by atoms with Gasteiger partial charge in [0.05, 0.1) is 7.11 Å². The summed E-state index contributed by atoms with van der Waals surface area (Å²) in [6.45, 7) is 1.86. The lowest BCUT2D eigenvalue weighted by atomic mass is 10.2. The summed E-state index contributed by atoms with van der Waals surface area (Å²) in [6, 6.07) is 1.84. The van der Waals surface area contributed by atoms with Crippen molar-refractivity contribution in [2.75, 3.05) is 7.11 Å². The first-order valence-electron chi connectivity index (χ1n) is 4.07. The van der Waals surface area contributed by atoms with Gasteiger partial charge < -0.3 is 4.74 Å². The third kappa shape index (κ3) is 1.85. The lowest BCUT2D eigenvalue weighted by Gasteiger charge is -2.01. The second-order valence-electron chi connectivity index (χ2n) is 2.51. The summed E-state index contributed by atoms with van der Waals surface area (Å²) in [5, 5.41) is 8.69. The average Bonchev–Trinajstić information content (AvgIpc) is 2.27. The highest BCUT2D eigenvalue weighted by atomic mass is 16.5. The Bertz CT molecular complexity index is 396. The van der Waals surface area contributed by atoms with Gasteiger partial charge in [-0.1, -0.05) is 6.92 Å². The van der Waals surface area contributed by atoms with Gasteiger partial charge in [0, 0.05) is 12.6 Å². The zero-order valence-corrected chi connectivity index (χ0v) is 7.94. The number of methoxy groups -OCH3 is 1. The summed E-state index contributed by atoms with van der Waals surface area (Å²) in [4.78, 5) is 19.0. The molecule has 0 amide bonds. The molecule has 1 heterocycles. The van der Waals surface area contributed by atoms with Crippen molar-refractivity contribution in [3.8, 4) is 6.07 Å². The third-order valence-electron chi connectivity index (χ3n) is 1.65. The molecule has 0 bridgehead atoms. The van der Waals surface area contributed by atoms with Gasteiger partial charge in [-0.25, -0.2) is 14.8 Å². The Labute approximate surface area is 81.4 Å². The molecule has 0 N–H and O–H groups in total. The van der Waals surface area contributed by atoms with Crippen molar-refractivity contribution >= 4 is 5.97 Å². The Hall–Kier alpha value is -1.96. The molecule has 72 valence electrons. The number of esters is 1. The van der Waals surface area contributed by atoms with E-state index in [9.17, 15) is 4.79 Å². The predicted molar refractivity (Wildman–Crippen MR) is 47.5 cm³/mol. The van der Waals surface area contributed by atoms with Crippen LogP contribution in [0.1, 0.15) is 28.8 Å². The lowest BCUT2D eigenvalue weighted by molar-refractivity contribution is 0.0593. The van der Waals surface area contributed by atoms with Crippen molar-refractivity contribution in [2.24, 2.45) is 0 Å². The van der Waals surface area contributed by atoms with Crippen LogP contribution in [0.3, 0.4) is 0 Å². The van der Waals surface area contributed by atoms with Crippen molar-refractivity contribution < 1.29 is 9.53 Å². The van der Waals surface area contributed by atoms with E-state index in [2.05, 4.69) is 14.7 Å². The highest BCUT2D eigenvalue weighted by Gasteiger charge is 2.14. The molecule has 0 saturated heterocycles. The fraction of sp³-hybridized carbons (Fsp3) is 0.333. The van der Waals surface area contributed by atoms with Crippen LogP contribution in [0.15, 0.2) is 6.20 Å². The number of rotatable bonds is 2. The zero-order chi connectivity index (χ0) is 10.6. The molecule has 0 saturated carbocycles. The maximum absolute atomic E-state index is 11.2. The van der Waals surface area contributed by atoms with E-state index in [1.807, 2.05) is 13.0 Å². The third-order valence-corrected chi connectivity index (χ3v) is 1.65. The molecular weight excluding hydrogens is 182 g/mol. The first-order chi connectivity index (χ1) is 6.72. The smallest absolute Gasteiger partial charge is 0.358 e. The van der Waals surface area contributed by atoms with Crippen LogP contribution in [0.4, 0.5) is 0 Å². The molecule has 0 radical (unpaired) electrons. The molecule has 0 unspecified atom stereocenters. The first-order valence-corrected chi connectivity index (χ1v) is 4.07. The average molecular weight is 191 g/mol. The molecule has 1 aromatic heterocycles. The standard InChI is InChI=1S/C9H9N3O2/c1-3-7-11-5-6(4-10)8(12-7)9(13)14-2/h5H,3H2,1-2H3. The van der Waals surface area contributed by atoms with Crippen molar-refractivity contribution in [1.82, 2.24) is 9.97 Å². The van der Waals surface area contributed by atoms with E-state index < -0.39 is 5.97 Å². The number of aromatic nitrogens is 2. The van der Waals surface area contributed by atoms with E-state index in [-0.39, 0.29) is 11.3 Å². The fourth-order valence-corrected chi connectivity index (χ4v) is 0.923. The lowest BCUT2D eigenvalue weighted by Crippen LogP contribution is -2.10. The molecule has 0 spiro atoms. The van der Waals surface area contributed by atoms with Crippen LogP contribution in [0.2, 0.25) is 0 Å². The van der Waals surface area contributed by atoms with Gasteiger partial charge in [0.15, 0.2) is 5.69 Å². The molecule has 1 aromatic rings. The van der Waals surface area contributed by atoms with E-state index >= 15 is 0 Å². The van der Waals surface area contributed by atoms with E-state index in [1.165, 1.54) is 13.3 Å². The second-order valence-corrected chi connectivity index (χ2v) is 2.51. The molecule has 0 atom stereocenters. The molecule has 0 aliphatic heterocycles. The molecule has 14 heavy (non-hydrogen) atoms. The number of ether oxygens (including phenoxy) is 1. The van der Waals surface area contributed by atoms with E-state index in [0.29, 0.717) is 12.2 Å². The van der Waals surface area contributed by atoms with Gasteiger partial charge in [-0.15, -0.1) is 0 Å². The van der Waals surface area contributed by atoms with Crippen LogP contribution in [0, 0.1) is 11.3 Å². The van der Waals surface area contributed by atoms with E-state index in [4.69, 9.17) is 5.26 Å². The minimum absolute atomic E-state index is 0.0295. The van der Waals surface area contributed by atoms with Crippen molar-refractivity contribution in [3.05, 3.63) is 23.3 Å². The monoisotopic (exact) mass is 191 g/mol. The zero-order valence-electron chi connectivity index (χ0n) is 7.94. The molecular formula is C9H9N3O2. The van der Waals surface area contributed by atoms with Crippen LogP contribution in [-0.2, 0) is 11.2 Å². The van der Waals surface area contributed by atoms with Crippen LogP contribution >= 0.6 is 0 Å². The largest absolute Gasteiger partial charge is 0.464 e. The summed E-state index contributed by atoms with van der Waals surface area (Å²) < 4.78 is 4.50. The summed E-state index contributed by atoms with van der Waals surface area (Å²) in [7, 11) is 1.25. The van der Waals surface area contributed by atoms with Crippen LogP contribution < -0.4 is 0 Å². The van der Waals surface area contributed by atoms with Gasteiger partial charge in [0.1, 0.15) is 17.5 Å². The minimum Gasteiger partial charge on any atom is -0.464 e. The summed E-state index contributed by atoms with van der Waals surface area (Å²) in [5.74, 6) is -0.0944. The van der Waals surface area contributed by atoms with Gasteiger partial charge in [0.2, 0.25) is 0 Å². The van der Waals surface area contributed by atoms with E-state index in [1.54, 1.807) is 0 Å². The second kappa shape index (κ2) is 4.33. The number of carbonyl (C=O) groups excluding carboxylic acids is 1. The van der Waals surface area contributed by atoms with Crippen molar-refractivity contribution in [2.45, 2.75) is 13.3 Å². The number of nitrogens with zero attached hydrogens (tertiary/aromatic N) is 3. The summed E-state index contributed by atoms with van der Waals surface area (Å²) in [6.07, 6.45) is 1.94. The van der Waals surface area contributed by atoms with Crippen molar-refractivity contribution in [3.63, 3.8) is 0 Å². The molecule has 5 heteroatoms. The number of nitriles is 1. The quantitative estimate of drug-likeness (QED) is 0.643. The summed E-state index contributed by atoms with van der Waals surface area (Å²) >= 11 is 0. The fourth-order valence-electron chi connectivity index (χ4n) is 0.923. The van der Waals surface area contributed by atoms with Crippen molar-refractivity contribution in [1.29, 1.82) is 5.26 Å². The van der Waals surface area contributed by atoms with Crippen LogP contribution in [-0.4, -0.2) is 23.0 Å². The Morgan fingerprint density at radius 2 is 2.43 bits per heavy atom. The molecule has 1 rings (SSSR count). The molecule has 0 aromatic carbocycles. The van der Waals surface area contributed by atoms with Crippen LogP contribution in [0.5, 0.6) is 0 Å². The number of hydrogen-bond donors (Lipinski definition) is 0. The Morgan fingerprint density at radius 3 is 2.93 bits per heavy atom. The molecule has 0 aliphatic rings. The van der Waals surface area contributed by atoms with Gasteiger partial charge >= 0.3 is 5.97 Å². The molecule has 0 aliphatic carbocycles. The van der Waals surface area contributed by atoms with Crippen LogP contribution in [0.25, 0.3) is 0 Å². The van der Waals surface area contributed by atoms with Gasteiger partial charge in [0.25, 0.3) is 0 Å². The highest BCUT2D eigenvalue weighted by Crippen LogP contribution is 2.05. The van der Waals surface area contributed by atoms with Gasteiger partial charge in [-0.2, -0.15) is 5.26 Å². The molecule has 0 fully saturated rings. The van der Waals surface area contributed by atoms with Gasteiger partial charge in [-0.3, -0.25) is 0 Å². The van der Waals surface area contributed by atoms with E-state index in [0.717, 1.165) is 0 Å². The number of aryl methyl sites for hydroxylation is 1. The Balaban J connectivity index is 3.23. The maximum atomic E-state index is 11.2.